The fourth-order valence-corrected chi connectivity index (χ4v) is 2.62. The lowest BCUT2D eigenvalue weighted by atomic mass is 10.3. The molecule has 3 heteroatoms. The Labute approximate surface area is 78.9 Å². The van der Waals surface area contributed by atoms with Crippen LogP contribution in [0.3, 0.4) is 0 Å². The molecular weight excluding hydrogens is 188 g/mol. The lowest BCUT2D eigenvalue weighted by Gasteiger charge is -1.87. The topological polar surface area (TPSA) is 20.2 Å². The van der Waals surface area contributed by atoms with Gasteiger partial charge in [-0.15, -0.1) is 11.3 Å². The second-order valence-electron chi connectivity index (χ2n) is 2.44. The molecule has 2 heterocycles. The third-order valence-electron chi connectivity index (χ3n) is 1.62. The molecular formula is C9H8OS2. The molecule has 0 amide bonds. The summed E-state index contributed by atoms with van der Waals surface area (Å²) in [6.07, 6.45) is 0. The molecule has 0 aliphatic carbocycles. The Kier molecular flexibility index (Phi) is 2.26. The van der Waals surface area contributed by atoms with Gasteiger partial charge in [-0.1, -0.05) is 0 Å². The molecule has 2 rings (SSSR count). The number of thiophene rings is 2. The van der Waals surface area contributed by atoms with Gasteiger partial charge in [0.2, 0.25) is 0 Å². The van der Waals surface area contributed by atoms with Crippen LogP contribution in [0.25, 0.3) is 10.4 Å². The van der Waals surface area contributed by atoms with E-state index in [0.717, 1.165) is 4.88 Å². The summed E-state index contributed by atoms with van der Waals surface area (Å²) in [6, 6.07) is 6.12. The van der Waals surface area contributed by atoms with Gasteiger partial charge in [0.05, 0.1) is 6.61 Å². The summed E-state index contributed by atoms with van der Waals surface area (Å²) >= 11 is 3.34. The number of aliphatic hydroxyl groups is 1. The highest BCUT2D eigenvalue weighted by Gasteiger charge is 2.01. The minimum Gasteiger partial charge on any atom is -0.391 e. The van der Waals surface area contributed by atoms with Gasteiger partial charge in [-0.25, -0.2) is 0 Å². The van der Waals surface area contributed by atoms with Crippen LogP contribution in [0.15, 0.2) is 29.0 Å². The standard InChI is InChI=1S/C9H8OS2/c10-5-8-1-2-9(12-8)7-3-4-11-6-7/h1-4,6,10H,5H2. The Morgan fingerprint density at radius 2 is 2.17 bits per heavy atom. The van der Waals surface area contributed by atoms with E-state index in [4.69, 9.17) is 5.11 Å². The average molecular weight is 196 g/mol. The maximum Gasteiger partial charge on any atom is 0.0774 e. The highest BCUT2D eigenvalue weighted by molar-refractivity contribution is 7.16. The lowest BCUT2D eigenvalue weighted by molar-refractivity contribution is 0.285. The molecule has 2 aromatic rings. The van der Waals surface area contributed by atoms with Crippen molar-refractivity contribution in [3.8, 4) is 10.4 Å². The predicted octanol–water partition coefficient (Wildman–Crippen LogP) is 2.97. The SMILES string of the molecule is OCc1ccc(-c2ccsc2)s1. The molecule has 0 saturated carbocycles. The van der Waals surface area contributed by atoms with Crippen LogP contribution in [-0.4, -0.2) is 5.11 Å². The van der Waals surface area contributed by atoms with Crippen LogP contribution in [0.5, 0.6) is 0 Å². The Balaban J connectivity index is 2.35. The second-order valence-corrected chi connectivity index (χ2v) is 4.38. The van der Waals surface area contributed by atoms with E-state index < -0.39 is 0 Å². The van der Waals surface area contributed by atoms with Crippen molar-refractivity contribution in [1.82, 2.24) is 0 Å². The van der Waals surface area contributed by atoms with Crippen molar-refractivity contribution in [2.24, 2.45) is 0 Å². The fourth-order valence-electron chi connectivity index (χ4n) is 1.02. The van der Waals surface area contributed by atoms with E-state index in [1.807, 2.05) is 6.07 Å². The summed E-state index contributed by atoms with van der Waals surface area (Å²) in [5.74, 6) is 0. The van der Waals surface area contributed by atoms with Crippen LogP contribution in [0.2, 0.25) is 0 Å². The zero-order valence-corrected chi connectivity index (χ0v) is 7.99. The number of hydrogen-bond acceptors (Lipinski definition) is 3. The van der Waals surface area contributed by atoms with Crippen molar-refractivity contribution < 1.29 is 5.11 Å². The molecule has 0 bridgehead atoms. The van der Waals surface area contributed by atoms with Crippen molar-refractivity contribution in [3.63, 3.8) is 0 Å². The molecule has 0 unspecified atom stereocenters. The smallest absolute Gasteiger partial charge is 0.0774 e. The summed E-state index contributed by atoms with van der Waals surface area (Å²) in [5, 5.41) is 13.0. The van der Waals surface area contributed by atoms with Crippen molar-refractivity contribution in [2.75, 3.05) is 0 Å². The van der Waals surface area contributed by atoms with Gasteiger partial charge in [-0.3, -0.25) is 0 Å². The normalized spacial score (nSPS) is 10.4. The van der Waals surface area contributed by atoms with Crippen LogP contribution in [-0.2, 0) is 6.61 Å². The third kappa shape index (κ3) is 1.43. The Hall–Kier alpha value is -0.640. The van der Waals surface area contributed by atoms with Gasteiger partial charge in [-0.2, -0.15) is 11.3 Å². The molecule has 0 spiro atoms. The van der Waals surface area contributed by atoms with E-state index in [1.54, 1.807) is 22.7 Å². The van der Waals surface area contributed by atoms with Gasteiger partial charge in [0.1, 0.15) is 0 Å². The van der Waals surface area contributed by atoms with Crippen LogP contribution >= 0.6 is 22.7 Å². The number of rotatable bonds is 2. The molecule has 0 aliphatic rings. The van der Waals surface area contributed by atoms with Gasteiger partial charge in [0, 0.05) is 15.3 Å². The quantitative estimate of drug-likeness (QED) is 0.783. The maximum absolute atomic E-state index is 8.86. The van der Waals surface area contributed by atoms with Gasteiger partial charge in [0.15, 0.2) is 0 Å². The summed E-state index contributed by atoms with van der Waals surface area (Å²) in [6.45, 7) is 0.148. The molecule has 0 saturated heterocycles. The lowest BCUT2D eigenvalue weighted by Crippen LogP contribution is -1.69. The second kappa shape index (κ2) is 3.39. The van der Waals surface area contributed by atoms with E-state index >= 15 is 0 Å². The van der Waals surface area contributed by atoms with Crippen molar-refractivity contribution in [2.45, 2.75) is 6.61 Å². The predicted molar refractivity (Wildman–Crippen MR) is 53.6 cm³/mol. The maximum atomic E-state index is 8.86. The largest absolute Gasteiger partial charge is 0.391 e. The third-order valence-corrected chi connectivity index (χ3v) is 3.43. The molecule has 2 aromatic heterocycles. The first-order valence-electron chi connectivity index (χ1n) is 3.62. The van der Waals surface area contributed by atoms with Crippen molar-refractivity contribution in [1.29, 1.82) is 0 Å². The first kappa shape index (κ1) is 7.98. The van der Waals surface area contributed by atoms with Gasteiger partial charge in [0.25, 0.3) is 0 Å². The molecule has 12 heavy (non-hydrogen) atoms. The Morgan fingerprint density at radius 1 is 1.25 bits per heavy atom. The van der Waals surface area contributed by atoms with Gasteiger partial charge in [-0.05, 0) is 29.0 Å². The van der Waals surface area contributed by atoms with Crippen LogP contribution < -0.4 is 0 Å². The first-order valence-corrected chi connectivity index (χ1v) is 5.38. The number of aliphatic hydroxyl groups excluding tert-OH is 1. The molecule has 1 N–H and O–H groups in total. The van der Waals surface area contributed by atoms with E-state index in [2.05, 4.69) is 22.9 Å². The molecule has 62 valence electrons. The summed E-state index contributed by atoms with van der Waals surface area (Å²) in [4.78, 5) is 2.26. The Bertz CT molecular complexity index is 348. The highest BCUT2D eigenvalue weighted by Crippen LogP contribution is 2.29. The van der Waals surface area contributed by atoms with E-state index in [-0.39, 0.29) is 6.61 Å². The zero-order chi connectivity index (χ0) is 8.39. The average Bonchev–Trinajstić information content (AvgIpc) is 2.75. The van der Waals surface area contributed by atoms with E-state index in [9.17, 15) is 0 Å². The first-order chi connectivity index (χ1) is 5.90. The van der Waals surface area contributed by atoms with Crippen LogP contribution in [0.4, 0.5) is 0 Å². The molecule has 1 nitrogen and oxygen atoms in total. The summed E-state index contributed by atoms with van der Waals surface area (Å²) in [5.41, 5.74) is 1.25. The van der Waals surface area contributed by atoms with Crippen molar-refractivity contribution in [3.05, 3.63) is 33.8 Å². The number of hydrogen-bond donors (Lipinski definition) is 1. The van der Waals surface area contributed by atoms with Crippen LogP contribution in [0, 0.1) is 0 Å². The minimum atomic E-state index is 0.148. The highest BCUT2D eigenvalue weighted by atomic mass is 32.1. The van der Waals surface area contributed by atoms with Crippen LogP contribution in [0.1, 0.15) is 4.88 Å². The molecule has 0 aromatic carbocycles. The van der Waals surface area contributed by atoms with E-state index in [0.29, 0.717) is 0 Å². The Morgan fingerprint density at radius 3 is 2.75 bits per heavy atom. The molecule has 0 aliphatic heterocycles. The summed E-state index contributed by atoms with van der Waals surface area (Å²) in [7, 11) is 0. The molecule has 0 atom stereocenters. The monoisotopic (exact) mass is 196 g/mol. The van der Waals surface area contributed by atoms with Gasteiger partial charge >= 0.3 is 0 Å². The minimum absolute atomic E-state index is 0.148. The van der Waals surface area contributed by atoms with E-state index in [1.165, 1.54) is 10.4 Å². The summed E-state index contributed by atoms with van der Waals surface area (Å²) < 4.78 is 0. The molecule has 0 radical (unpaired) electrons. The van der Waals surface area contributed by atoms with Crippen molar-refractivity contribution >= 4 is 22.7 Å². The van der Waals surface area contributed by atoms with Gasteiger partial charge < -0.3 is 5.11 Å². The molecule has 0 fully saturated rings. The fraction of sp³-hybridized carbons (Fsp3) is 0.111. The zero-order valence-electron chi connectivity index (χ0n) is 6.36.